The van der Waals surface area contributed by atoms with Crippen LogP contribution in [0.5, 0.6) is 0 Å². The van der Waals surface area contributed by atoms with Crippen LogP contribution in [0.3, 0.4) is 0 Å². The van der Waals surface area contributed by atoms with E-state index >= 15 is 0 Å². The van der Waals surface area contributed by atoms with Gasteiger partial charge < -0.3 is 15.5 Å². The number of carbonyl (C=O) groups is 1. The number of alkyl halides is 3. The maximum absolute atomic E-state index is 13.5. The van der Waals surface area contributed by atoms with Crippen molar-refractivity contribution in [2.24, 2.45) is 0 Å². The molecule has 0 aliphatic heterocycles. The third-order valence-corrected chi connectivity index (χ3v) is 6.67. The molecule has 1 aromatic heterocycles. The van der Waals surface area contributed by atoms with Crippen LogP contribution in [-0.2, 0) is 6.18 Å². The molecule has 0 atom stereocenters. The number of anilines is 2. The van der Waals surface area contributed by atoms with Crippen molar-refractivity contribution in [2.75, 3.05) is 24.3 Å². The molecule has 0 unspecified atom stereocenters. The van der Waals surface area contributed by atoms with E-state index in [4.69, 9.17) is 11.6 Å². The molecule has 1 aliphatic rings. The summed E-state index contributed by atoms with van der Waals surface area (Å²) >= 11 is 6.13. The lowest BCUT2D eigenvalue weighted by molar-refractivity contribution is -0.140. The van der Waals surface area contributed by atoms with E-state index in [1.165, 1.54) is 6.07 Å². The van der Waals surface area contributed by atoms with Gasteiger partial charge in [-0.2, -0.15) is 13.2 Å². The summed E-state index contributed by atoms with van der Waals surface area (Å²) in [5.41, 5.74) is 1.31. The zero-order valence-corrected chi connectivity index (χ0v) is 19.7. The molecule has 2 aromatic carbocycles. The van der Waals surface area contributed by atoms with Crippen LogP contribution in [0.15, 0.2) is 48.5 Å². The van der Waals surface area contributed by atoms with E-state index in [9.17, 15) is 18.0 Å². The molecule has 5 nitrogen and oxygen atoms in total. The quantitative estimate of drug-likeness (QED) is 0.452. The average Bonchev–Trinajstić information content (AvgIpc) is 2.83. The number of rotatable bonds is 5. The van der Waals surface area contributed by atoms with Crippen molar-refractivity contribution in [3.8, 4) is 0 Å². The van der Waals surface area contributed by atoms with E-state index in [0.29, 0.717) is 21.7 Å². The smallest absolute Gasteiger partial charge is 0.388 e. The Balaban J connectivity index is 1.47. The van der Waals surface area contributed by atoms with Gasteiger partial charge >= 0.3 is 6.18 Å². The van der Waals surface area contributed by atoms with E-state index in [2.05, 4.69) is 15.6 Å². The molecule has 1 fully saturated rings. The first-order valence-corrected chi connectivity index (χ1v) is 11.5. The number of nitrogens with one attached hydrogen (secondary N) is 2. The van der Waals surface area contributed by atoms with Crippen molar-refractivity contribution in [2.45, 2.75) is 43.9 Å². The number of aromatic nitrogens is 1. The molecule has 0 bridgehead atoms. The van der Waals surface area contributed by atoms with Crippen molar-refractivity contribution in [1.82, 2.24) is 10.3 Å². The highest BCUT2D eigenvalue weighted by Crippen LogP contribution is 2.37. The molecule has 1 saturated carbocycles. The van der Waals surface area contributed by atoms with Crippen LogP contribution in [0.2, 0.25) is 5.02 Å². The lowest BCUT2D eigenvalue weighted by Crippen LogP contribution is -2.43. The summed E-state index contributed by atoms with van der Waals surface area (Å²) in [4.78, 5) is 18.3. The zero-order valence-electron chi connectivity index (χ0n) is 18.9. The number of carbonyl (C=O) groups excluding carboxylic acids is 1. The Morgan fingerprint density at radius 2 is 1.74 bits per heavy atom. The van der Waals surface area contributed by atoms with Gasteiger partial charge in [-0.05, 0) is 74.2 Å². The van der Waals surface area contributed by atoms with Crippen LogP contribution in [0, 0.1) is 0 Å². The maximum atomic E-state index is 13.5. The standard InChI is InChI=1S/C25H26ClF3N4O/c1-30-17-6-3-15(4-7-17)24(34)31-18-8-10-19(11-9-18)33(2)22-14-23(25(27,28)29)32-21-12-5-16(26)13-20(21)22/h3-7,12-14,18-19,30H,8-11H2,1-2H3,(H,31,34)/t18-,19+. The number of hydrogen-bond donors (Lipinski definition) is 2. The first-order valence-electron chi connectivity index (χ1n) is 11.1. The Labute approximate surface area is 201 Å². The Kier molecular flexibility index (Phi) is 6.89. The number of hydrogen-bond acceptors (Lipinski definition) is 4. The average molecular weight is 491 g/mol. The van der Waals surface area contributed by atoms with Gasteiger partial charge in [0.25, 0.3) is 5.91 Å². The molecule has 2 N–H and O–H groups in total. The normalized spacial score (nSPS) is 18.5. The van der Waals surface area contributed by atoms with Gasteiger partial charge in [-0.15, -0.1) is 0 Å². The molecule has 0 radical (unpaired) electrons. The molecule has 4 rings (SSSR count). The van der Waals surface area contributed by atoms with E-state index in [1.807, 2.05) is 31.1 Å². The van der Waals surface area contributed by atoms with E-state index < -0.39 is 11.9 Å². The lowest BCUT2D eigenvalue weighted by atomic mass is 9.89. The number of pyridine rings is 1. The summed E-state index contributed by atoms with van der Waals surface area (Å²) in [5.74, 6) is -0.121. The fraction of sp³-hybridized carbons (Fsp3) is 0.360. The highest BCUT2D eigenvalue weighted by atomic mass is 35.5. The molecule has 1 heterocycles. The fourth-order valence-electron chi connectivity index (χ4n) is 4.48. The van der Waals surface area contributed by atoms with Crippen molar-refractivity contribution in [3.63, 3.8) is 0 Å². The fourth-order valence-corrected chi connectivity index (χ4v) is 4.65. The van der Waals surface area contributed by atoms with E-state index in [0.717, 1.165) is 37.4 Å². The van der Waals surface area contributed by atoms with Gasteiger partial charge in [0.2, 0.25) is 0 Å². The van der Waals surface area contributed by atoms with Crippen molar-refractivity contribution in [1.29, 1.82) is 0 Å². The Hall–Kier alpha value is -3.00. The second kappa shape index (κ2) is 9.70. The van der Waals surface area contributed by atoms with Gasteiger partial charge in [0, 0.05) is 53.5 Å². The van der Waals surface area contributed by atoms with Crippen molar-refractivity contribution >= 4 is 39.8 Å². The molecule has 9 heteroatoms. The molecular formula is C25H26ClF3N4O. The van der Waals surface area contributed by atoms with Crippen LogP contribution >= 0.6 is 11.6 Å². The van der Waals surface area contributed by atoms with E-state index in [-0.39, 0.29) is 23.5 Å². The number of benzene rings is 2. The third kappa shape index (κ3) is 5.22. The first kappa shape index (κ1) is 24.1. The number of fused-ring (bicyclic) bond motifs is 1. The second-order valence-electron chi connectivity index (χ2n) is 8.60. The number of halogens is 4. The Morgan fingerprint density at radius 1 is 1.06 bits per heavy atom. The van der Waals surface area contributed by atoms with Gasteiger partial charge in [0.15, 0.2) is 0 Å². The third-order valence-electron chi connectivity index (χ3n) is 6.43. The molecule has 180 valence electrons. The number of nitrogens with zero attached hydrogens (tertiary/aromatic N) is 2. The van der Waals surface area contributed by atoms with Gasteiger partial charge in [0.1, 0.15) is 5.69 Å². The highest BCUT2D eigenvalue weighted by Gasteiger charge is 2.34. The highest BCUT2D eigenvalue weighted by molar-refractivity contribution is 6.31. The minimum atomic E-state index is -4.54. The van der Waals surface area contributed by atoms with Crippen LogP contribution in [0.1, 0.15) is 41.7 Å². The van der Waals surface area contributed by atoms with Gasteiger partial charge in [-0.1, -0.05) is 11.6 Å². The lowest BCUT2D eigenvalue weighted by Gasteiger charge is -2.37. The molecule has 0 spiro atoms. The Bertz CT molecular complexity index is 1180. The van der Waals surface area contributed by atoms with Gasteiger partial charge in [-0.25, -0.2) is 4.98 Å². The summed E-state index contributed by atoms with van der Waals surface area (Å²) in [6.07, 6.45) is -1.58. The largest absolute Gasteiger partial charge is 0.433 e. The zero-order chi connectivity index (χ0) is 24.5. The topological polar surface area (TPSA) is 57.3 Å². The minimum Gasteiger partial charge on any atom is -0.388 e. The predicted molar refractivity (Wildman–Crippen MR) is 130 cm³/mol. The summed E-state index contributed by atoms with van der Waals surface area (Å²) < 4.78 is 40.5. The monoisotopic (exact) mass is 490 g/mol. The Morgan fingerprint density at radius 3 is 2.35 bits per heavy atom. The van der Waals surface area contributed by atoms with Crippen LogP contribution < -0.4 is 15.5 Å². The second-order valence-corrected chi connectivity index (χ2v) is 9.04. The SMILES string of the molecule is CNc1ccc(C(=O)N[C@H]2CC[C@@H](N(C)c3cc(C(F)(F)F)nc4ccc(Cl)cc34)CC2)cc1. The van der Waals surface area contributed by atoms with Crippen molar-refractivity contribution < 1.29 is 18.0 Å². The molecule has 34 heavy (non-hydrogen) atoms. The van der Waals surface area contributed by atoms with Crippen molar-refractivity contribution in [3.05, 3.63) is 64.8 Å². The summed E-state index contributed by atoms with van der Waals surface area (Å²) in [6.45, 7) is 0. The molecule has 1 amide bonds. The predicted octanol–water partition coefficient (Wildman–Crippen LogP) is 6.13. The summed E-state index contributed by atoms with van der Waals surface area (Å²) in [6, 6.07) is 13.1. The molecule has 3 aromatic rings. The molecule has 1 aliphatic carbocycles. The molecule has 0 saturated heterocycles. The van der Waals surface area contributed by atoms with Crippen LogP contribution in [0.25, 0.3) is 10.9 Å². The minimum absolute atomic E-state index is 0.0236. The van der Waals surface area contributed by atoms with E-state index in [1.54, 1.807) is 24.3 Å². The summed E-state index contributed by atoms with van der Waals surface area (Å²) in [7, 11) is 3.63. The van der Waals surface area contributed by atoms with Gasteiger partial charge in [-0.3, -0.25) is 4.79 Å². The maximum Gasteiger partial charge on any atom is 0.433 e. The number of amides is 1. The summed E-state index contributed by atoms with van der Waals surface area (Å²) in [5, 5.41) is 7.13. The van der Waals surface area contributed by atoms with Gasteiger partial charge in [0.05, 0.1) is 5.52 Å². The van der Waals surface area contributed by atoms with Crippen LogP contribution in [-0.4, -0.2) is 37.1 Å². The van der Waals surface area contributed by atoms with Crippen LogP contribution in [0.4, 0.5) is 24.5 Å². The first-order chi connectivity index (χ1) is 16.2. The molecular weight excluding hydrogens is 465 g/mol.